The summed E-state index contributed by atoms with van der Waals surface area (Å²) in [6, 6.07) is 5.21. The second-order valence-corrected chi connectivity index (χ2v) is 3.52. The SMILES string of the molecule is N#Cc1cc(Nc2nc(F)c(F)cc2F)ccc1F. The van der Waals surface area contributed by atoms with Crippen LogP contribution in [0.3, 0.4) is 0 Å². The van der Waals surface area contributed by atoms with Gasteiger partial charge in [-0.2, -0.15) is 14.6 Å². The van der Waals surface area contributed by atoms with Gasteiger partial charge in [0.05, 0.1) is 5.56 Å². The fourth-order valence-corrected chi connectivity index (χ4v) is 1.36. The number of nitriles is 1. The fraction of sp³-hybridized carbons (Fsp3) is 0. The first kappa shape index (κ1) is 12.8. The first-order chi connectivity index (χ1) is 9.01. The molecule has 19 heavy (non-hydrogen) atoms. The largest absolute Gasteiger partial charge is 0.338 e. The molecule has 2 rings (SSSR count). The molecule has 0 radical (unpaired) electrons. The van der Waals surface area contributed by atoms with Crippen LogP contribution >= 0.6 is 0 Å². The summed E-state index contributed by atoms with van der Waals surface area (Å²) in [5, 5.41) is 11.0. The Bertz CT molecular complexity index is 679. The lowest BCUT2D eigenvalue weighted by Gasteiger charge is -2.07. The van der Waals surface area contributed by atoms with Crippen molar-refractivity contribution in [2.24, 2.45) is 0 Å². The summed E-state index contributed by atoms with van der Waals surface area (Å²) in [6.07, 6.45) is 0. The normalized spacial score (nSPS) is 10.1. The van der Waals surface area contributed by atoms with E-state index in [-0.39, 0.29) is 11.3 Å². The van der Waals surface area contributed by atoms with Crippen LogP contribution in [0.4, 0.5) is 29.1 Å². The van der Waals surface area contributed by atoms with Crippen molar-refractivity contribution < 1.29 is 17.6 Å². The van der Waals surface area contributed by atoms with Crippen LogP contribution in [-0.2, 0) is 0 Å². The van der Waals surface area contributed by atoms with Gasteiger partial charge in [-0.05, 0) is 18.2 Å². The van der Waals surface area contributed by atoms with Gasteiger partial charge >= 0.3 is 0 Å². The highest BCUT2D eigenvalue weighted by Crippen LogP contribution is 2.21. The van der Waals surface area contributed by atoms with Gasteiger partial charge in [0.2, 0.25) is 0 Å². The lowest BCUT2D eigenvalue weighted by Crippen LogP contribution is -2.02. The number of aromatic nitrogens is 1. The summed E-state index contributed by atoms with van der Waals surface area (Å²) in [4.78, 5) is 3.04. The summed E-state index contributed by atoms with van der Waals surface area (Å²) in [7, 11) is 0. The van der Waals surface area contributed by atoms with Crippen LogP contribution in [0.1, 0.15) is 5.56 Å². The van der Waals surface area contributed by atoms with Crippen LogP contribution in [0.5, 0.6) is 0 Å². The first-order valence-electron chi connectivity index (χ1n) is 4.99. The Morgan fingerprint density at radius 2 is 1.74 bits per heavy atom. The van der Waals surface area contributed by atoms with Crippen LogP contribution < -0.4 is 5.32 Å². The fourth-order valence-electron chi connectivity index (χ4n) is 1.36. The standard InChI is InChI=1S/C12H5F4N3/c13-8-2-1-7(3-6(8)5-17)18-12-10(15)4-9(14)11(16)19-12/h1-4H,(H,18,19). The van der Waals surface area contributed by atoms with E-state index in [4.69, 9.17) is 5.26 Å². The predicted octanol–water partition coefficient (Wildman–Crippen LogP) is 3.25. The number of nitrogens with zero attached hydrogens (tertiary/aromatic N) is 2. The number of halogens is 4. The minimum Gasteiger partial charge on any atom is -0.338 e. The van der Waals surface area contributed by atoms with E-state index < -0.39 is 29.2 Å². The Kier molecular flexibility index (Phi) is 3.33. The quantitative estimate of drug-likeness (QED) is 0.671. The van der Waals surface area contributed by atoms with Crippen LogP contribution in [-0.4, -0.2) is 4.98 Å². The average molecular weight is 267 g/mol. The van der Waals surface area contributed by atoms with Crippen molar-refractivity contribution >= 4 is 11.5 Å². The number of hydrogen-bond donors (Lipinski definition) is 1. The molecule has 0 aliphatic heterocycles. The Balaban J connectivity index is 2.37. The lowest BCUT2D eigenvalue weighted by molar-refractivity contribution is 0.467. The van der Waals surface area contributed by atoms with Gasteiger partial charge in [-0.25, -0.2) is 13.2 Å². The lowest BCUT2D eigenvalue weighted by atomic mass is 10.2. The Labute approximate surface area is 105 Å². The molecule has 0 aliphatic rings. The number of benzene rings is 1. The highest BCUT2D eigenvalue weighted by Gasteiger charge is 2.12. The highest BCUT2D eigenvalue weighted by molar-refractivity contribution is 5.59. The predicted molar refractivity (Wildman–Crippen MR) is 58.5 cm³/mol. The molecular formula is C12H5F4N3. The van der Waals surface area contributed by atoms with Crippen molar-refractivity contribution in [3.05, 3.63) is 53.2 Å². The van der Waals surface area contributed by atoms with Crippen molar-refractivity contribution in [1.29, 1.82) is 5.26 Å². The van der Waals surface area contributed by atoms with Gasteiger partial charge in [0, 0.05) is 11.8 Å². The Morgan fingerprint density at radius 3 is 2.42 bits per heavy atom. The highest BCUT2D eigenvalue weighted by atomic mass is 19.2. The molecule has 0 spiro atoms. The number of rotatable bonds is 2. The third-order valence-corrected chi connectivity index (χ3v) is 2.24. The monoisotopic (exact) mass is 267 g/mol. The molecule has 0 saturated heterocycles. The molecule has 0 aliphatic carbocycles. The molecule has 7 heteroatoms. The van der Waals surface area contributed by atoms with Gasteiger partial charge < -0.3 is 5.32 Å². The second-order valence-electron chi connectivity index (χ2n) is 3.52. The third-order valence-electron chi connectivity index (χ3n) is 2.24. The van der Waals surface area contributed by atoms with Crippen LogP contribution in [0.15, 0.2) is 24.3 Å². The van der Waals surface area contributed by atoms with Gasteiger partial charge in [0.1, 0.15) is 11.9 Å². The van der Waals surface area contributed by atoms with E-state index in [1.807, 2.05) is 0 Å². The number of hydrogen-bond acceptors (Lipinski definition) is 3. The van der Waals surface area contributed by atoms with Gasteiger partial charge in [-0.1, -0.05) is 0 Å². The maximum absolute atomic E-state index is 13.3. The number of pyridine rings is 1. The van der Waals surface area contributed by atoms with Crippen molar-refractivity contribution in [2.45, 2.75) is 0 Å². The first-order valence-corrected chi connectivity index (χ1v) is 4.99. The van der Waals surface area contributed by atoms with Crippen molar-refractivity contribution in [1.82, 2.24) is 4.98 Å². The molecule has 96 valence electrons. The van der Waals surface area contributed by atoms with Crippen molar-refractivity contribution in [3.63, 3.8) is 0 Å². The van der Waals surface area contributed by atoms with E-state index >= 15 is 0 Å². The molecule has 0 bridgehead atoms. The van der Waals surface area contributed by atoms with Gasteiger partial charge in [-0.15, -0.1) is 0 Å². The van der Waals surface area contributed by atoms with Gasteiger partial charge in [-0.3, -0.25) is 0 Å². The third kappa shape index (κ3) is 2.63. The number of nitrogens with one attached hydrogen (secondary N) is 1. The smallest absolute Gasteiger partial charge is 0.251 e. The molecule has 0 fully saturated rings. The van der Waals surface area contributed by atoms with Crippen molar-refractivity contribution in [2.75, 3.05) is 5.32 Å². The van der Waals surface area contributed by atoms with E-state index in [0.717, 1.165) is 12.1 Å². The molecule has 0 amide bonds. The van der Waals surface area contributed by atoms with Crippen LogP contribution in [0.2, 0.25) is 0 Å². The summed E-state index contributed by atoms with van der Waals surface area (Å²) in [6.45, 7) is 0. The average Bonchev–Trinajstić information content (AvgIpc) is 2.38. The van der Waals surface area contributed by atoms with Gasteiger partial charge in [0.25, 0.3) is 5.95 Å². The molecule has 0 saturated carbocycles. The molecule has 3 nitrogen and oxygen atoms in total. The van der Waals surface area contributed by atoms with Crippen LogP contribution in [0, 0.1) is 34.7 Å². The van der Waals surface area contributed by atoms with E-state index in [1.54, 1.807) is 6.07 Å². The molecule has 0 unspecified atom stereocenters. The van der Waals surface area contributed by atoms with Gasteiger partial charge in [0.15, 0.2) is 17.5 Å². The summed E-state index contributed by atoms with van der Waals surface area (Å²) >= 11 is 0. The molecule has 1 aromatic heterocycles. The number of anilines is 2. The molecule has 0 atom stereocenters. The molecule has 1 N–H and O–H groups in total. The Hall–Kier alpha value is -2.62. The maximum Gasteiger partial charge on any atom is 0.251 e. The van der Waals surface area contributed by atoms with E-state index in [2.05, 4.69) is 10.3 Å². The second kappa shape index (κ2) is 4.94. The zero-order valence-corrected chi connectivity index (χ0v) is 9.22. The maximum atomic E-state index is 13.3. The zero-order chi connectivity index (χ0) is 14.0. The molecular weight excluding hydrogens is 262 g/mol. The topological polar surface area (TPSA) is 48.7 Å². The minimum atomic E-state index is -1.47. The Morgan fingerprint density at radius 1 is 1.00 bits per heavy atom. The summed E-state index contributed by atoms with van der Waals surface area (Å²) < 4.78 is 51.9. The summed E-state index contributed by atoms with van der Waals surface area (Å²) in [5.41, 5.74) is -0.150. The van der Waals surface area contributed by atoms with E-state index in [9.17, 15) is 17.6 Å². The summed E-state index contributed by atoms with van der Waals surface area (Å²) in [5.74, 6) is -5.30. The molecule has 1 aromatic carbocycles. The zero-order valence-electron chi connectivity index (χ0n) is 9.22. The molecule has 2 aromatic rings. The van der Waals surface area contributed by atoms with E-state index in [0.29, 0.717) is 6.07 Å². The molecule has 1 heterocycles. The van der Waals surface area contributed by atoms with E-state index in [1.165, 1.54) is 6.07 Å². The minimum absolute atomic E-state index is 0.121. The van der Waals surface area contributed by atoms with Crippen LogP contribution in [0.25, 0.3) is 0 Å². The van der Waals surface area contributed by atoms with Crippen molar-refractivity contribution in [3.8, 4) is 6.07 Å².